The minimum Gasteiger partial charge on any atom is -0.383 e. The number of aliphatic hydroxyl groups is 1. The van der Waals surface area contributed by atoms with Gasteiger partial charge in [0.15, 0.2) is 5.96 Å². The van der Waals surface area contributed by atoms with Gasteiger partial charge in [-0.1, -0.05) is 20.8 Å². The van der Waals surface area contributed by atoms with Gasteiger partial charge in [0.1, 0.15) is 5.60 Å². The lowest BCUT2D eigenvalue weighted by Gasteiger charge is -2.21. The number of nitrogens with one attached hydrogen (secondary N) is 2. The highest BCUT2D eigenvalue weighted by molar-refractivity contribution is 5.79. The van der Waals surface area contributed by atoms with Crippen molar-refractivity contribution in [2.75, 3.05) is 19.6 Å². The van der Waals surface area contributed by atoms with E-state index in [0.717, 1.165) is 37.5 Å². The molecule has 0 bridgehead atoms. The molecule has 23 heavy (non-hydrogen) atoms. The molecule has 3 N–H and O–H groups in total. The third-order valence-corrected chi connectivity index (χ3v) is 3.61. The standard InChI is InChI=1S/C17H33N5O/c1-7-18-15(19-10-8-9-16(2,3)4)20-13-17(5,23)14-11-21-22(6)12-14/h11-12,23H,7-10,13H2,1-6H3,(H2,18,19,20). The lowest BCUT2D eigenvalue weighted by atomic mass is 9.91. The molecule has 0 aliphatic heterocycles. The number of aryl methyl sites for hydroxylation is 1. The molecule has 1 aromatic rings. The van der Waals surface area contributed by atoms with Crippen molar-refractivity contribution in [2.24, 2.45) is 17.5 Å². The summed E-state index contributed by atoms with van der Waals surface area (Å²) in [5, 5.41) is 21.2. The first kappa shape index (κ1) is 19.5. The van der Waals surface area contributed by atoms with E-state index in [9.17, 15) is 5.11 Å². The summed E-state index contributed by atoms with van der Waals surface area (Å²) in [6.45, 7) is 12.5. The number of rotatable bonds is 7. The second-order valence-electron chi connectivity index (χ2n) is 7.46. The van der Waals surface area contributed by atoms with Crippen molar-refractivity contribution >= 4 is 5.96 Å². The maximum Gasteiger partial charge on any atom is 0.191 e. The maximum atomic E-state index is 10.6. The second-order valence-corrected chi connectivity index (χ2v) is 7.46. The molecule has 1 aromatic heterocycles. The molecule has 0 aromatic carbocycles. The van der Waals surface area contributed by atoms with Crippen LogP contribution in [0.2, 0.25) is 0 Å². The molecule has 0 saturated heterocycles. The average molecular weight is 323 g/mol. The monoisotopic (exact) mass is 323 g/mol. The Morgan fingerprint density at radius 1 is 1.30 bits per heavy atom. The molecular formula is C17H33N5O. The van der Waals surface area contributed by atoms with E-state index < -0.39 is 5.60 Å². The minimum atomic E-state index is -1.03. The molecule has 6 nitrogen and oxygen atoms in total. The fourth-order valence-electron chi connectivity index (χ4n) is 2.19. The molecule has 0 aliphatic rings. The SMILES string of the molecule is CCNC(=NCC(C)(O)c1cnn(C)c1)NCCCC(C)(C)C. The van der Waals surface area contributed by atoms with Crippen LogP contribution in [0.3, 0.4) is 0 Å². The van der Waals surface area contributed by atoms with E-state index >= 15 is 0 Å². The summed E-state index contributed by atoms with van der Waals surface area (Å²) < 4.78 is 1.68. The Kier molecular flexibility index (Phi) is 7.06. The Morgan fingerprint density at radius 2 is 2.00 bits per heavy atom. The minimum absolute atomic E-state index is 0.285. The fourth-order valence-corrected chi connectivity index (χ4v) is 2.19. The van der Waals surface area contributed by atoms with E-state index in [-0.39, 0.29) is 6.54 Å². The lowest BCUT2D eigenvalue weighted by molar-refractivity contribution is 0.0672. The van der Waals surface area contributed by atoms with E-state index in [2.05, 4.69) is 41.5 Å². The molecule has 1 atom stereocenters. The molecular weight excluding hydrogens is 290 g/mol. The zero-order valence-electron chi connectivity index (χ0n) is 15.5. The summed E-state index contributed by atoms with van der Waals surface area (Å²) in [4.78, 5) is 4.51. The van der Waals surface area contributed by atoms with Crippen LogP contribution in [-0.4, -0.2) is 40.5 Å². The third-order valence-electron chi connectivity index (χ3n) is 3.61. The number of aromatic nitrogens is 2. The van der Waals surface area contributed by atoms with E-state index in [0.29, 0.717) is 5.41 Å². The van der Waals surface area contributed by atoms with Crippen LogP contribution < -0.4 is 10.6 Å². The zero-order chi connectivity index (χ0) is 17.5. The number of aliphatic imine (C=N–C) groups is 1. The number of nitrogens with zero attached hydrogens (tertiary/aromatic N) is 3. The first-order valence-corrected chi connectivity index (χ1v) is 8.38. The highest BCUT2D eigenvalue weighted by Gasteiger charge is 2.24. The van der Waals surface area contributed by atoms with Gasteiger partial charge in [0.05, 0.1) is 12.7 Å². The van der Waals surface area contributed by atoms with Gasteiger partial charge in [-0.2, -0.15) is 5.10 Å². The molecule has 0 aliphatic carbocycles. The van der Waals surface area contributed by atoms with Gasteiger partial charge in [-0.25, -0.2) is 4.99 Å². The van der Waals surface area contributed by atoms with Gasteiger partial charge in [-0.3, -0.25) is 4.68 Å². The van der Waals surface area contributed by atoms with Crippen molar-refractivity contribution in [3.63, 3.8) is 0 Å². The topological polar surface area (TPSA) is 74.5 Å². The smallest absolute Gasteiger partial charge is 0.191 e. The van der Waals surface area contributed by atoms with Gasteiger partial charge in [0.2, 0.25) is 0 Å². The molecule has 6 heteroatoms. The summed E-state index contributed by atoms with van der Waals surface area (Å²) in [7, 11) is 1.84. The summed E-state index contributed by atoms with van der Waals surface area (Å²) in [6.07, 6.45) is 5.75. The summed E-state index contributed by atoms with van der Waals surface area (Å²) in [5.74, 6) is 0.741. The predicted molar refractivity (Wildman–Crippen MR) is 95.4 cm³/mol. The first-order chi connectivity index (χ1) is 10.6. The maximum absolute atomic E-state index is 10.6. The Bertz CT molecular complexity index is 499. The predicted octanol–water partition coefficient (Wildman–Crippen LogP) is 2.01. The molecule has 1 rings (SSSR count). The van der Waals surface area contributed by atoms with Crippen LogP contribution >= 0.6 is 0 Å². The number of hydrogen-bond acceptors (Lipinski definition) is 3. The number of guanidine groups is 1. The molecule has 1 unspecified atom stereocenters. The third kappa shape index (κ3) is 7.50. The second kappa shape index (κ2) is 8.34. The van der Waals surface area contributed by atoms with E-state index in [4.69, 9.17) is 0 Å². The molecule has 0 fully saturated rings. The van der Waals surface area contributed by atoms with Crippen molar-refractivity contribution < 1.29 is 5.11 Å². The van der Waals surface area contributed by atoms with Gasteiger partial charge in [-0.05, 0) is 32.1 Å². The van der Waals surface area contributed by atoms with Crippen LogP contribution in [0.15, 0.2) is 17.4 Å². The lowest BCUT2D eigenvalue weighted by Crippen LogP contribution is -2.39. The van der Waals surface area contributed by atoms with Crippen molar-refractivity contribution in [2.45, 2.75) is 53.1 Å². The molecule has 132 valence electrons. The summed E-state index contributed by atoms with van der Waals surface area (Å²) in [6, 6.07) is 0. The Balaban J connectivity index is 2.57. The van der Waals surface area contributed by atoms with Crippen molar-refractivity contribution in [3.05, 3.63) is 18.0 Å². The van der Waals surface area contributed by atoms with Crippen molar-refractivity contribution in [3.8, 4) is 0 Å². The molecule has 0 amide bonds. The van der Waals surface area contributed by atoms with E-state index in [1.807, 2.05) is 20.2 Å². The largest absolute Gasteiger partial charge is 0.383 e. The zero-order valence-corrected chi connectivity index (χ0v) is 15.5. The number of hydrogen-bond donors (Lipinski definition) is 3. The van der Waals surface area contributed by atoms with Gasteiger partial charge in [0.25, 0.3) is 0 Å². The molecule has 1 heterocycles. The van der Waals surface area contributed by atoms with Crippen molar-refractivity contribution in [1.29, 1.82) is 0 Å². The van der Waals surface area contributed by atoms with E-state index in [1.54, 1.807) is 17.8 Å². The van der Waals surface area contributed by atoms with Gasteiger partial charge in [0, 0.05) is 31.9 Å². The van der Waals surface area contributed by atoms with Crippen LogP contribution in [0.25, 0.3) is 0 Å². The van der Waals surface area contributed by atoms with Crippen LogP contribution in [-0.2, 0) is 12.6 Å². The molecule has 0 spiro atoms. The summed E-state index contributed by atoms with van der Waals surface area (Å²) >= 11 is 0. The Morgan fingerprint density at radius 3 is 2.52 bits per heavy atom. The van der Waals surface area contributed by atoms with Gasteiger partial charge >= 0.3 is 0 Å². The molecule has 0 saturated carbocycles. The van der Waals surface area contributed by atoms with Crippen LogP contribution in [0.1, 0.15) is 53.0 Å². The van der Waals surface area contributed by atoms with Gasteiger partial charge < -0.3 is 15.7 Å². The van der Waals surface area contributed by atoms with Gasteiger partial charge in [-0.15, -0.1) is 0 Å². The van der Waals surface area contributed by atoms with Crippen LogP contribution in [0.4, 0.5) is 0 Å². The van der Waals surface area contributed by atoms with Crippen LogP contribution in [0, 0.1) is 5.41 Å². The molecule has 0 radical (unpaired) electrons. The quantitative estimate of drug-likeness (QED) is 0.408. The normalized spacial score (nSPS) is 15.3. The Labute approximate surface area is 140 Å². The highest BCUT2D eigenvalue weighted by atomic mass is 16.3. The Hall–Kier alpha value is -1.56. The van der Waals surface area contributed by atoms with E-state index in [1.165, 1.54) is 0 Å². The van der Waals surface area contributed by atoms with Crippen LogP contribution in [0.5, 0.6) is 0 Å². The first-order valence-electron chi connectivity index (χ1n) is 8.38. The van der Waals surface area contributed by atoms with Crippen molar-refractivity contribution in [1.82, 2.24) is 20.4 Å². The summed E-state index contributed by atoms with van der Waals surface area (Å²) in [5.41, 5.74) is 0.0933. The highest BCUT2D eigenvalue weighted by Crippen LogP contribution is 2.20. The fraction of sp³-hybridized carbons (Fsp3) is 0.765. The average Bonchev–Trinajstić information content (AvgIpc) is 2.87.